The van der Waals surface area contributed by atoms with E-state index in [9.17, 15) is 9.59 Å². The van der Waals surface area contributed by atoms with E-state index < -0.39 is 36.0 Å². The van der Waals surface area contributed by atoms with Gasteiger partial charge in [0.2, 0.25) is 0 Å². The summed E-state index contributed by atoms with van der Waals surface area (Å²) < 4.78 is 5.37. The summed E-state index contributed by atoms with van der Waals surface area (Å²) >= 11 is 0. The van der Waals surface area contributed by atoms with Gasteiger partial charge in [0.1, 0.15) is 0 Å². The molecule has 0 spiro atoms. The van der Waals surface area contributed by atoms with Gasteiger partial charge in [0.15, 0.2) is 0 Å². The van der Waals surface area contributed by atoms with Gasteiger partial charge < -0.3 is 14.9 Å². The summed E-state index contributed by atoms with van der Waals surface area (Å²) in [6.45, 7) is 1.90. The topological polar surface area (TPSA) is 83.8 Å². The van der Waals surface area contributed by atoms with Crippen molar-refractivity contribution in [3.8, 4) is 0 Å². The number of aliphatic carboxylic acids is 2. The Kier molecular flexibility index (Phi) is 1.99. The maximum Gasteiger partial charge on any atom is 0.310 e. The summed E-state index contributed by atoms with van der Waals surface area (Å²) in [5, 5.41) is 17.8. The Morgan fingerprint density at radius 1 is 1.21 bits per heavy atom. The zero-order valence-electron chi connectivity index (χ0n) is 7.71. The van der Waals surface area contributed by atoms with Crippen molar-refractivity contribution in [1.82, 2.24) is 0 Å². The van der Waals surface area contributed by atoms with Crippen LogP contribution >= 0.6 is 0 Å². The highest BCUT2D eigenvalue weighted by atomic mass is 16.5. The quantitative estimate of drug-likeness (QED) is 0.665. The van der Waals surface area contributed by atoms with Crippen molar-refractivity contribution in [2.45, 2.75) is 25.6 Å². The van der Waals surface area contributed by atoms with Crippen molar-refractivity contribution in [2.75, 3.05) is 0 Å². The van der Waals surface area contributed by atoms with Gasteiger partial charge in [-0.05, 0) is 12.3 Å². The number of carboxylic acids is 2. The van der Waals surface area contributed by atoms with Crippen LogP contribution in [0.1, 0.15) is 13.3 Å². The Bertz CT molecular complexity index is 287. The lowest BCUT2D eigenvalue weighted by molar-refractivity contribution is -0.154. The summed E-state index contributed by atoms with van der Waals surface area (Å²) in [6.07, 6.45) is -0.169. The van der Waals surface area contributed by atoms with Crippen LogP contribution in [0.5, 0.6) is 0 Å². The monoisotopic (exact) mass is 200 g/mol. The molecule has 2 fully saturated rings. The van der Waals surface area contributed by atoms with E-state index in [4.69, 9.17) is 14.9 Å². The molecule has 0 radical (unpaired) electrons. The third kappa shape index (κ3) is 1.12. The molecule has 2 aliphatic rings. The van der Waals surface area contributed by atoms with E-state index in [0.29, 0.717) is 6.42 Å². The molecular formula is C9H12O5. The second-order valence-corrected chi connectivity index (χ2v) is 4.08. The van der Waals surface area contributed by atoms with E-state index in [-0.39, 0.29) is 5.92 Å². The Labute approximate surface area is 80.7 Å². The number of fused-ring (bicyclic) bond motifs is 2. The molecular weight excluding hydrogens is 188 g/mol. The normalized spacial score (nSPS) is 45.4. The first-order valence-electron chi connectivity index (χ1n) is 4.63. The first-order chi connectivity index (χ1) is 6.52. The summed E-state index contributed by atoms with van der Waals surface area (Å²) in [5.74, 6) is -3.71. The number of rotatable bonds is 2. The fourth-order valence-corrected chi connectivity index (χ4v) is 2.60. The molecule has 0 aromatic carbocycles. The standard InChI is InChI=1S/C9H12O5/c1-3-2-4-5(8(10)11)6(9(12)13)7(3)14-4/h3-7H,2H2,1H3,(H,10,11)(H,12,13)/t3-,4+,5-,6-,7-/m0/s1. The molecule has 0 aromatic heterocycles. The van der Waals surface area contributed by atoms with Crippen LogP contribution in [0.2, 0.25) is 0 Å². The van der Waals surface area contributed by atoms with Crippen molar-refractivity contribution in [3.63, 3.8) is 0 Å². The van der Waals surface area contributed by atoms with Crippen LogP contribution in [-0.2, 0) is 14.3 Å². The number of carbonyl (C=O) groups is 2. The van der Waals surface area contributed by atoms with Gasteiger partial charge in [-0.3, -0.25) is 9.59 Å². The minimum absolute atomic E-state index is 0.150. The second-order valence-electron chi connectivity index (χ2n) is 4.08. The van der Waals surface area contributed by atoms with E-state index in [2.05, 4.69) is 0 Å². The zero-order chi connectivity index (χ0) is 10.5. The second kappa shape index (κ2) is 2.95. The van der Waals surface area contributed by atoms with Crippen LogP contribution in [0.25, 0.3) is 0 Å². The van der Waals surface area contributed by atoms with Crippen molar-refractivity contribution >= 4 is 11.9 Å². The fourth-order valence-electron chi connectivity index (χ4n) is 2.60. The molecule has 2 N–H and O–H groups in total. The van der Waals surface area contributed by atoms with Crippen LogP contribution < -0.4 is 0 Å². The van der Waals surface area contributed by atoms with Gasteiger partial charge in [-0.1, -0.05) is 6.92 Å². The molecule has 2 rings (SSSR count). The highest BCUT2D eigenvalue weighted by Crippen LogP contribution is 2.46. The zero-order valence-corrected chi connectivity index (χ0v) is 7.71. The minimum atomic E-state index is -1.06. The third-order valence-electron chi connectivity index (χ3n) is 3.21. The van der Waals surface area contributed by atoms with Gasteiger partial charge in [-0.25, -0.2) is 0 Å². The minimum Gasteiger partial charge on any atom is -0.481 e. The Hall–Kier alpha value is -1.10. The highest BCUT2D eigenvalue weighted by molar-refractivity contribution is 5.82. The number of carboxylic acid groups (broad SMARTS) is 2. The highest BCUT2D eigenvalue weighted by Gasteiger charge is 2.58. The summed E-state index contributed by atoms with van der Waals surface area (Å²) in [5.41, 5.74) is 0. The first kappa shape index (κ1) is 9.45. The van der Waals surface area contributed by atoms with E-state index in [1.807, 2.05) is 6.92 Å². The molecule has 2 aliphatic heterocycles. The molecule has 0 amide bonds. The predicted octanol–water partition coefficient (Wildman–Crippen LogP) is 0.195. The van der Waals surface area contributed by atoms with Crippen molar-refractivity contribution in [3.05, 3.63) is 0 Å². The number of ether oxygens (including phenoxy) is 1. The maximum absolute atomic E-state index is 10.9. The SMILES string of the molecule is C[C@H]1C[C@H]2O[C@@H]1[C@@H](C(=O)O)[C@H]2C(=O)O. The predicted molar refractivity (Wildman–Crippen MR) is 44.7 cm³/mol. The van der Waals surface area contributed by atoms with Gasteiger partial charge in [-0.2, -0.15) is 0 Å². The molecule has 5 atom stereocenters. The maximum atomic E-state index is 10.9. The van der Waals surface area contributed by atoms with Gasteiger partial charge in [0.05, 0.1) is 24.0 Å². The Morgan fingerprint density at radius 2 is 1.79 bits per heavy atom. The van der Waals surface area contributed by atoms with Crippen LogP contribution in [0.15, 0.2) is 0 Å². The summed E-state index contributed by atoms with van der Waals surface area (Å²) in [7, 11) is 0. The van der Waals surface area contributed by atoms with Gasteiger partial charge >= 0.3 is 11.9 Å². The average Bonchev–Trinajstić information content (AvgIpc) is 2.58. The molecule has 2 saturated heterocycles. The Morgan fingerprint density at radius 3 is 2.29 bits per heavy atom. The van der Waals surface area contributed by atoms with E-state index in [1.54, 1.807) is 0 Å². The van der Waals surface area contributed by atoms with E-state index in [1.165, 1.54) is 0 Å². The van der Waals surface area contributed by atoms with Crippen LogP contribution in [-0.4, -0.2) is 34.4 Å². The van der Waals surface area contributed by atoms with Gasteiger partial charge in [0, 0.05) is 0 Å². The summed E-state index contributed by atoms with van der Waals surface area (Å²) in [4.78, 5) is 21.8. The lowest BCUT2D eigenvalue weighted by Crippen LogP contribution is -2.41. The van der Waals surface area contributed by atoms with Crippen LogP contribution in [0.4, 0.5) is 0 Å². The molecule has 0 unspecified atom stereocenters. The third-order valence-corrected chi connectivity index (χ3v) is 3.21. The van der Waals surface area contributed by atoms with Crippen molar-refractivity contribution in [2.24, 2.45) is 17.8 Å². The summed E-state index contributed by atoms with van der Waals surface area (Å²) in [6, 6.07) is 0. The lowest BCUT2D eigenvalue weighted by Gasteiger charge is -2.25. The molecule has 5 heteroatoms. The molecule has 2 bridgehead atoms. The van der Waals surface area contributed by atoms with Gasteiger partial charge in [-0.15, -0.1) is 0 Å². The largest absolute Gasteiger partial charge is 0.481 e. The van der Waals surface area contributed by atoms with E-state index >= 15 is 0 Å². The first-order valence-corrected chi connectivity index (χ1v) is 4.63. The smallest absolute Gasteiger partial charge is 0.310 e. The molecule has 78 valence electrons. The van der Waals surface area contributed by atoms with Crippen molar-refractivity contribution in [1.29, 1.82) is 0 Å². The molecule has 5 nitrogen and oxygen atoms in total. The number of hydrogen-bond acceptors (Lipinski definition) is 3. The fraction of sp³-hybridized carbons (Fsp3) is 0.778. The number of hydrogen-bond donors (Lipinski definition) is 2. The van der Waals surface area contributed by atoms with Gasteiger partial charge in [0.25, 0.3) is 0 Å². The molecule has 0 aliphatic carbocycles. The average molecular weight is 200 g/mol. The van der Waals surface area contributed by atoms with Crippen molar-refractivity contribution < 1.29 is 24.5 Å². The lowest BCUT2D eigenvalue weighted by atomic mass is 9.75. The van der Waals surface area contributed by atoms with Crippen LogP contribution in [0.3, 0.4) is 0 Å². The molecule has 0 aromatic rings. The molecule has 2 heterocycles. The van der Waals surface area contributed by atoms with E-state index in [0.717, 1.165) is 0 Å². The molecule has 14 heavy (non-hydrogen) atoms. The Balaban J connectivity index is 2.27. The molecule has 0 saturated carbocycles. The van der Waals surface area contributed by atoms with Crippen LogP contribution in [0, 0.1) is 17.8 Å².